The number of carbonyl (C=O) groups is 1. The third-order valence-corrected chi connectivity index (χ3v) is 8.69. The zero-order valence-electron chi connectivity index (χ0n) is 20.5. The first-order chi connectivity index (χ1) is 17.8. The predicted octanol–water partition coefficient (Wildman–Crippen LogP) is 4.34. The molecule has 0 spiro atoms. The molecule has 190 valence electrons. The molecule has 1 aliphatic heterocycles. The maximum Gasteiger partial charge on any atom is 0.253 e. The quantitative estimate of drug-likeness (QED) is 0.410. The number of sulfone groups is 1. The Hall–Kier alpha value is -3.75. The van der Waals surface area contributed by atoms with Gasteiger partial charge in [0.1, 0.15) is 5.75 Å². The lowest BCUT2D eigenvalue weighted by atomic mass is 9.84. The number of methoxy groups -OCH3 is 1. The Balaban J connectivity index is 1.26. The molecule has 0 atom stereocenters. The number of likely N-dealkylation sites (tertiary alicyclic amines) is 1. The topological polar surface area (TPSA) is 96.8 Å². The molecule has 37 heavy (non-hydrogen) atoms. The number of piperidine rings is 1. The molecule has 1 fully saturated rings. The molecular formula is C29H28N2O5S. The number of aromatic nitrogens is 1. The maximum atomic E-state index is 13.2. The summed E-state index contributed by atoms with van der Waals surface area (Å²) in [7, 11) is -2.04. The fourth-order valence-corrected chi connectivity index (χ4v) is 6.37. The van der Waals surface area contributed by atoms with Crippen LogP contribution >= 0.6 is 0 Å². The summed E-state index contributed by atoms with van der Waals surface area (Å²) in [5.41, 5.74) is 1.30. The molecule has 1 saturated heterocycles. The molecule has 4 aromatic rings. The van der Waals surface area contributed by atoms with Crippen LogP contribution in [0.3, 0.4) is 0 Å². The molecule has 1 aliphatic rings. The first-order valence-electron chi connectivity index (χ1n) is 12.1. The lowest BCUT2D eigenvalue weighted by Crippen LogP contribution is -2.45. The van der Waals surface area contributed by atoms with Crippen LogP contribution in [0, 0.1) is 0 Å². The van der Waals surface area contributed by atoms with Gasteiger partial charge in [-0.2, -0.15) is 0 Å². The van der Waals surface area contributed by atoms with Crippen LogP contribution in [0.25, 0.3) is 10.9 Å². The molecule has 2 heterocycles. The normalized spacial score (nSPS) is 15.5. The van der Waals surface area contributed by atoms with Crippen molar-refractivity contribution in [2.24, 2.45) is 0 Å². The number of fused-ring (bicyclic) bond motifs is 1. The minimum Gasteiger partial charge on any atom is -0.497 e. The monoisotopic (exact) mass is 516 g/mol. The number of rotatable bonds is 6. The highest BCUT2D eigenvalue weighted by atomic mass is 32.2. The first kappa shape index (κ1) is 24.9. The number of hydrogen-bond acceptors (Lipinski definition) is 6. The Morgan fingerprint density at radius 3 is 2.43 bits per heavy atom. The van der Waals surface area contributed by atoms with E-state index in [0.717, 1.165) is 10.9 Å². The van der Waals surface area contributed by atoms with Crippen LogP contribution in [0.4, 0.5) is 0 Å². The number of hydrogen-bond donors (Lipinski definition) is 1. The van der Waals surface area contributed by atoms with Crippen LogP contribution in [-0.4, -0.2) is 49.5 Å². The van der Waals surface area contributed by atoms with E-state index < -0.39 is 15.4 Å². The van der Waals surface area contributed by atoms with Gasteiger partial charge in [-0.3, -0.25) is 9.78 Å². The second kappa shape index (κ2) is 9.95. The number of ether oxygens (including phenoxy) is 1. The largest absolute Gasteiger partial charge is 0.497 e. The first-order valence-corrected chi connectivity index (χ1v) is 13.8. The molecule has 0 unspecified atom stereocenters. The van der Waals surface area contributed by atoms with E-state index in [-0.39, 0.29) is 16.6 Å². The number of amides is 1. The summed E-state index contributed by atoms with van der Waals surface area (Å²) >= 11 is 0. The van der Waals surface area contributed by atoms with Crippen LogP contribution in [-0.2, 0) is 21.2 Å². The van der Waals surface area contributed by atoms with Gasteiger partial charge in [0.25, 0.3) is 5.91 Å². The van der Waals surface area contributed by atoms with E-state index >= 15 is 0 Å². The summed E-state index contributed by atoms with van der Waals surface area (Å²) in [6.45, 7) is 0.827. The van der Waals surface area contributed by atoms with E-state index in [0.29, 0.717) is 48.3 Å². The molecule has 1 amide bonds. The van der Waals surface area contributed by atoms with Crippen molar-refractivity contribution < 1.29 is 23.1 Å². The number of carbonyl (C=O) groups excluding carboxylic acids is 1. The standard InChI is InChI=1S/C29H28N2O5S/c1-36-25-8-3-7-24(19-25)29(33)14-17-31(18-15-29)28(32)23-12-10-21(11-13-23)20-37(34,35)26-9-2-5-22-6-4-16-30-27(22)26/h2-13,16,19,33H,14-15,17-18,20H2,1H3. The number of aliphatic hydroxyl groups is 1. The average Bonchev–Trinajstić information content (AvgIpc) is 2.93. The molecule has 3 aromatic carbocycles. The van der Waals surface area contributed by atoms with Crippen LogP contribution in [0.15, 0.2) is 90.0 Å². The van der Waals surface area contributed by atoms with Crippen molar-refractivity contribution in [3.05, 3.63) is 102 Å². The van der Waals surface area contributed by atoms with Gasteiger partial charge in [0, 0.05) is 30.2 Å². The minimum absolute atomic E-state index is 0.139. The fraction of sp³-hybridized carbons (Fsp3) is 0.241. The van der Waals surface area contributed by atoms with E-state index in [1.54, 1.807) is 60.7 Å². The summed E-state index contributed by atoms with van der Waals surface area (Å²) in [5, 5.41) is 12.0. The highest BCUT2D eigenvalue weighted by Crippen LogP contribution is 2.35. The van der Waals surface area contributed by atoms with Crippen molar-refractivity contribution in [2.45, 2.75) is 29.1 Å². The second-order valence-electron chi connectivity index (χ2n) is 9.34. The van der Waals surface area contributed by atoms with Gasteiger partial charge in [-0.1, -0.05) is 42.5 Å². The molecular weight excluding hydrogens is 488 g/mol. The van der Waals surface area contributed by atoms with Crippen LogP contribution in [0.1, 0.15) is 34.3 Å². The van der Waals surface area contributed by atoms with E-state index in [1.807, 2.05) is 36.4 Å². The van der Waals surface area contributed by atoms with Gasteiger partial charge in [0.15, 0.2) is 9.84 Å². The van der Waals surface area contributed by atoms with E-state index in [4.69, 9.17) is 4.74 Å². The van der Waals surface area contributed by atoms with Gasteiger partial charge in [-0.25, -0.2) is 8.42 Å². The zero-order valence-corrected chi connectivity index (χ0v) is 21.3. The Bertz CT molecular complexity index is 1540. The van der Waals surface area contributed by atoms with Crippen LogP contribution in [0.5, 0.6) is 5.75 Å². The van der Waals surface area contributed by atoms with Crippen LogP contribution in [0.2, 0.25) is 0 Å². The van der Waals surface area contributed by atoms with Gasteiger partial charge in [0.2, 0.25) is 0 Å². The van der Waals surface area contributed by atoms with Crippen molar-refractivity contribution in [2.75, 3.05) is 20.2 Å². The molecule has 5 rings (SSSR count). The number of nitrogens with zero attached hydrogens (tertiary/aromatic N) is 2. The maximum absolute atomic E-state index is 13.2. The second-order valence-corrected chi connectivity index (χ2v) is 11.3. The average molecular weight is 517 g/mol. The van der Waals surface area contributed by atoms with Crippen molar-refractivity contribution in [1.29, 1.82) is 0 Å². The summed E-state index contributed by atoms with van der Waals surface area (Å²) in [6.07, 6.45) is 2.42. The van der Waals surface area contributed by atoms with Crippen molar-refractivity contribution in [1.82, 2.24) is 9.88 Å². The van der Waals surface area contributed by atoms with E-state index in [9.17, 15) is 18.3 Å². The smallest absolute Gasteiger partial charge is 0.253 e. The zero-order chi connectivity index (χ0) is 26.0. The van der Waals surface area contributed by atoms with Gasteiger partial charge < -0.3 is 14.7 Å². The Morgan fingerprint density at radius 1 is 1.00 bits per heavy atom. The van der Waals surface area contributed by atoms with Gasteiger partial charge in [0.05, 0.1) is 28.9 Å². The summed E-state index contributed by atoms with van der Waals surface area (Å²) in [5.74, 6) is 0.359. The molecule has 1 N–H and O–H groups in total. The molecule has 0 aliphatic carbocycles. The van der Waals surface area contributed by atoms with Crippen molar-refractivity contribution in [3.63, 3.8) is 0 Å². The molecule has 0 radical (unpaired) electrons. The Kier molecular flexibility index (Phi) is 6.70. The van der Waals surface area contributed by atoms with Gasteiger partial charge in [-0.15, -0.1) is 0 Å². The lowest BCUT2D eigenvalue weighted by Gasteiger charge is -2.38. The number of pyridine rings is 1. The Labute approximate surface area is 216 Å². The summed E-state index contributed by atoms with van der Waals surface area (Å²) in [6, 6.07) is 22.8. The van der Waals surface area contributed by atoms with Gasteiger partial charge in [-0.05, 0) is 60.4 Å². The third-order valence-electron chi connectivity index (χ3n) is 6.97. The highest BCUT2D eigenvalue weighted by molar-refractivity contribution is 7.90. The van der Waals surface area contributed by atoms with E-state index in [2.05, 4.69) is 4.98 Å². The number of benzene rings is 3. The SMILES string of the molecule is COc1cccc(C2(O)CCN(C(=O)c3ccc(CS(=O)(=O)c4cccc5cccnc45)cc3)CC2)c1. The van der Waals surface area contributed by atoms with Gasteiger partial charge >= 0.3 is 0 Å². The molecule has 8 heteroatoms. The molecule has 1 aromatic heterocycles. The van der Waals surface area contributed by atoms with Crippen molar-refractivity contribution in [3.8, 4) is 5.75 Å². The lowest BCUT2D eigenvalue weighted by molar-refractivity contribution is -0.0212. The minimum atomic E-state index is -3.63. The fourth-order valence-electron chi connectivity index (χ4n) is 4.83. The molecule has 7 nitrogen and oxygen atoms in total. The van der Waals surface area contributed by atoms with E-state index in [1.165, 1.54) is 0 Å². The van der Waals surface area contributed by atoms with Crippen molar-refractivity contribution >= 4 is 26.6 Å². The summed E-state index contributed by atoms with van der Waals surface area (Å²) < 4.78 is 31.6. The Morgan fingerprint density at radius 2 is 1.70 bits per heavy atom. The summed E-state index contributed by atoms with van der Waals surface area (Å²) in [4.78, 5) is 19.3. The highest BCUT2D eigenvalue weighted by Gasteiger charge is 2.36. The number of para-hydroxylation sites is 1. The van der Waals surface area contributed by atoms with Crippen LogP contribution < -0.4 is 4.74 Å². The molecule has 0 bridgehead atoms. The molecule has 0 saturated carbocycles. The predicted molar refractivity (Wildman–Crippen MR) is 141 cm³/mol. The third kappa shape index (κ3) is 5.08.